The van der Waals surface area contributed by atoms with E-state index in [1.165, 1.54) is 4.31 Å². The highest BCUT2D eigenvalue weighted by Gasteiger charge is 2.40. The first-order valence-electron chi connectivity index (χ1n) is 10.6. The van der Waals surface area contributed by atoms with Gasteiger partial charge in [-0.1, -0.05) is 78.9 Å². The van der Waals surface area contributed by atoms with Gasteiger partial charge >= 0.3 is 5.97 Å². The van der Waals surface area contributed by atoms with E-state index >= 15 is 0 Å². The van der Waals surface area contributed by atoms with Crippen molar-refractivity contribution in [2.45, 2.75) is 30.9 Å². The fourth-order valence-electron chi connectivity index (χ4n) is 3.80. The zero-order valence-corrected chi connectivity index (χ0v) is 19.2. The van der Waals surface area contributed by atoms with E-state index in [9.17, 15) is 13.2 Å². The molecule has 0 fully saturated rings. The zero-order valence-electron chi connectivity index (χ0n) is 18.3. The van der Waals surface area contributed by atoms with Crippen LogP contribution in [0, 0.1) is 6.92 Å². The van der Waals surface area contributed by atoms with Crippen molar-refractivity contribution in [2.24, 2.45) is 0 Å². The molecule has 1 atom stereocenters. The maximum atomic E-state index is 13.8. The van der Waals surface area contributed by atoms with Gasteiger partial charge in [-0.2, -0.15) is 0 Å². The first kappa shape index (κ1) is 22.6. The van der Waals surface area contributed by atoms with Crippen LogP contribution in [0.1, 0.15) is 17.5 Å². The average Bonchev–Trinajstić information content (AvgIpc) is 3.20. The Kier molecular flexibility index (Phi) is 6.47. The molecular formula is C27H25NO4S. The molecule has 3 aromatic carbocycles. The number of rotatable bonds is 7. The predicted octanol–water partition coefficient (Wildman–Crippen LogP) is 5.19. The number of esters is 1. The van der Waals surface area contributed by atoms with Crippen LogP contribution in [-0.2, 0) is 26.2 Å². The molecule has 0 saturated heterocycles. The van der Waals surface area contributed by atoms with Crippen LogP contribution in [0.2, 0.25) is 0 Å². The van der Waals surface area contributed by atoms with Crippen LogP contribution in [0.4, 0.5) is 5.69 Å². The number of carbonyl (C=O) groups is 1. The smallest absolute Gasteiger partial charge is 0.336 e. The maximum Gasteiger partial charge on any atom is 0.336 e. The molecule has 0 aliphatic heterocycles. The molecule has 0 aromatic heterocycles. The fourth-order valence-corrected chi connectivity index (χ4v) is 5.45. The Labute approximate surface area is 194 Å². The van der Waals surface area contributed by atoms with Crippen LogP contribution in [0.3, 0.4) is 0 Å². The van der Waals surface area contributed by atoms with Crippen LogP contribution in [0.5, 0.6) is 0 Å². The predicted molar refractivity (Wildman–Crippen MR) is 129 cm³/mol. The average molecular weight is 460 g/mol. The molecule has 0 amide bonds. The molecule has 0 spiro atoms. The third-order valence-corrected chi connectivity index (χ3v) is 7.34. The molecule has 0 saturated carbocycles. The Morgan fingerprint density at radius 1 is 0.970 bits per heavy atom. The molecule has 0 heterocycles. The summed E-state index contributed by atoms with van der Waals surface area (Å²) in [7, 11) is -4.00. The first-order valence-corrected chi connectivity index (χ1v) is 12.1. The summed E-state index contributed by atoms with van der Waals surface area (Å²) in [5, 5.41) is 0. The highest BCUT2D eigenvalue weighted by atomic mass is 32.2. The monoisotopic (exact) mass is 459 g/mol. The third-order valence-electron chi connectivity index (χ3n) is 5.54. The standard InChI is InChI=1S/C27H25NO4S/c1-20-13-16-24(17-14-20)33(30,31)28(23-11-7-4-8-12-23)26-21(2)15-18-25(26)27(29)32-19-22-9-5-3-6-10-22/h3-14,16-18,26H,2,15,19H2,1H3. The topological polar surface area (TPSA) is 63.7 Å². The Balaban J connectivity index is 1.71. The number of aryl methyl sites for hydroxylation is 1. The van der Waals surface area contributed by atoms with Gasteiger partial charge in [-0.15, -0.1) is 0 Å². The molecule has 1 aliphatic rings. The van der Waals surface area contributed by atoms with Gasteiger partial charge < -0.3 is 4.74 Å². The molecule has 0 N–H and O–H groups in total. The van der Waals surface area contributed by atoms with Crippen molar-refractivity contribution >= 4 is 21.7 Å². The minimum atomic E-state index is -4.00. The van der Waals surface area contributed by atoms with Crippen molar-refractivity contribution in [3.05, 3.63) is 120 Å². The Bertz CT molecular complexity index is 1280. The second-order valence-corrected chi connectivity index (χ2v) is 9.75. The fraction of sp³-hybridized carbons (Fsp3) is 0.148. The van der Waals surface area contributed by atoms with Crippen molar-refractivity contribution in [1.82, 2.24) is 0 Å². The van der Waals surface area contributed by atoms with E-state index in [0.29, 0.717) is 17.7 Å². The SMILES string of the molecule is C=C1CC=C(C(=O)OCc2ccccc2)C1N(c1ccccc1)S(=O)(=O)c1ccc(C)cc1. The maximum absolute atomic E-state index is 13.8. The molecular weight excluding hydrogens is 434 g/mol. The Morgan fingerprint density at radius 2 is 1.58 bits per heavy atom. The van der Waals surface area contributed by atoms with Crippen molar-refractivity contribution in [1.29, 1.82) is 0 Å². The lowest BCUT2D eigenvalue weighted by molar-refractivity contribution is -0.140. The zero-order chi connectivity index (χ0) is 23.4. The van der Waals surface area contributed by atoms with E-state index in [1.54, 1.807) is 54.6 Å². The number of anilines is 1. The van der Waals surface area contributed by atoms with Crippen LogP contribution >= 0.6 is 0 Å². The van der Waals surface area contributed by atoms with Gasteiger partial charge in [-0.05, 0) is 48.7 Å². The molecule has 1 unspecified atom stereocenters. The van der Waals surface area contributed by atoms with E-state index in [1.807, 2.05) is 43.3 Å². The van der Waals surface area contributed by atoms with E-state index in [4.69, 9.17) is 4.74 Å². The summed E-state index contributed by atoms with van der Waals surface area (Å²) in [6.45, 7) is 6.09. The number of allylic oxidation sites excluding steroid dienone is 1. The number of ether oxygens (including phenoxy) is 1. The van der Waals surface area contributed by atoms with Crippen molar-refractivity contribution in [3.8, 4) is 0 Å². The van der Waals surface area contributed by atoms with Crippen LogP contribution in [0.15, 0.2) is 114 Å². The van der Waals surface area contributed by atoms with Gasteiger partial charge in [0.15, 0.2) is 0 Å². The second kappa shape index (κ2) is 9.46. The summed E-state index contributed by atoms with van der Waals surface area (Å²) in [5.41, 5.74) is 3.15. The van der Waals surface area contributed by atoms with Gasteiger partial charge in [-0.3, -0.25) is 4.31 Å². The summed E-state index contributed by atoms with van der Waals surface area (Å²) in [6, 6.07) is 23.9. The third kappa shape index (κ3) is 4.76. The van der Waals surface area contributed by atoms with Gasteiger partial charge in [-0.25, -0.2) is 13.2 Å². The minimum Gasteiger partial charge on any atom is -0.457 e. The van der Waals surface area contributed by atoms with Gasteiger partial charge in [0, 0.05) is 0 Å². The molecule has 0 radical (unpaired) electrons. The largest absolute Gasteiger partial charge is 0.457 e. The van der Waals surface area contributed by atoms with E-state index in [-0.39, 0.29) is 17.1 Å². The molecule has 0 bridgehead atoms. The lowest BCUT2D eigenvalue weighted by atomic mass is 10.1. The number of benzene rings is 3. The normalized spacial score (nSPS) is 15.7. The summed E-state index contributed by atoms with van der Waals surface area (Å²) in [4.78, 5) is 13.2. The van der Waals surface area contributed by atoms with Crippen molar-refractivity contribution in [3.63, 3.8) is 0 Å². The van der Waals surface area contributed by atoms with Gasteiger partial charge in [0.1, 0.15) is 6.61 Å². The molecule has 3 aromatic rings. The lowest BCUT2D eigenvalue weighted by Crippen LogP contribution is -2.43. The number of carbonyl (C=O) groups excluding carboxylic acids is 1. The van der Waals surface area contributed by atoms with E-state index in [2.05, 4.69) is 6.58 Å². The second-order valence-electron chi connectivity index (χ2n) is 7.94. The summed E-state index contributed by atoms with van der Waals surface area (Å²) in [5.74, 6) is -0.553. The number of hydrogen-bond acceptors (Lipinski definition) is 4. The molecule has 168 valence electrons. The molecule has 6 heteroatoms. The lowest BCUT2D eigenvalue weighted by Gasteiger charge is -2.32. The number of hydrogen-bond donors (Lipinski definition) is 0. The molecule has 4 rings (SSSR count). The van der Waals surface area contributed by atoms with Gasteiger partial charge in [0.25, 0.3) is 10.0 Å². The number of para-hydroxylation sites is 1. The van der Waals surface area contributed by atoms with Gasteiger partial charge in [0.2, 0.25) is 0 Å². The van der Waals surface area contributed by atoms with Crippen LogP contribution in [0.25, 0.3) is 0 Å². The van der Waals surface area contributed by atoms with Gasteiger partial charge in [0.05, 0.1) is 22.2 Å². The number of nitrogens with zero attached hydrogens (tertiary/aromatic N) is 1. The first-order chi connectivity index (χ1) is 15.9. The highest BCUT2D eigenvalue weighted by molar-refractivity contribution is 7.92. The van der Waals surface area contributed by atoms with Crippen LogP contribution < -0.4 is 4.31 Å². The summed E-state index contributed by atoms with van der Waals surface area (Å²) in [6.07, 6.45) is 2.11. The highest BCUT2D eigenvalue weighted by Crippen LogP contribution is 2.37. The molecule has 1 aliphatic carbocycles. The molecule has 33 heavy (non-hydrogen) atoms. The van der Waals surface area contributed by atoms with Crippen molar-refractivity contribution in [2.75, 3.05) is 4.31 Å². The number of sulfonamides is 1. The van der Waals surface area contributed by atoms with E-state index in [0.717, 1.165) is 11.1 Å². The van der Waals surface area contributed by atoms with Crippen molar-refractivity contribution < 1.29 is 17.9 Å². The summed E-state index contributed by atoms with van der Waals surface area (Å²) >= 11 is 0. The van der Waals surface area contributed by atoms with Crippen LogP contribution in [-0.4, -0.2) is 20.4 Å². The molecule has 5 nitrogen and oxygen atoms in total. The van der Waals surface area contributed by atoms with E-state index < -0.39 is 22.0 Å². The quantitative estimate of drug-likeness (QED) is 0.360. The summed E-state index contributed by atoms with van der Waals surface area (Å²) < 4.78 is 34.5. The Hall–Kier alpha value is -3.64. The minimum absolute atomic E-state index is 0.103. The Morgan fingerprint density at radius 3 is 2.21 bits per heavy atom.